The van der Waals surface area contributed by atoms with Crippen molar-refractivity contribution in [3.05, 3.63) is 10.0 Å². The Balaban J connectivity index is 1.84. The second-order valence-corrected chi connectivity index (χ2v) is 5.33. The topological polar surface area (TPSA) is 58.0 Å². The van der Waals surface area contributed by atoms with Gasteiger partial charge in [-0.05, 0) is 32.7 Å². The summed E-state index contributed by atoms with van der Waals surface area (Å²) in [6, 6.07) is 0.694. The van der Waals surface area contributed by atoms with Gasteiger partial charge in [-0.1, -0.05) is 11.3 Å². The van der Waals surface area contributed by atoms with Crippen molar-refractivity contribution in [2.24, 2.45) is 5.92 Å². The van der Waals surface area contributed by atoms with Gasteiger partial charge in [-0.25, -0.2) is 0 Å². The average Bonchev–Trinajstić information content (AvgIpc) is 2.58. The van der Waals surface area contributed by atoms with Gasteiger partial charge in [0.1, 0.15) is 16.1 Å². The summed E-state index contributed by atoms with van der Waals surface area (Å²) in [4.78, 5) is 0. The average molecular weight is 227 g/mol. The third kappa shape index (κ3) is 2.53. The fraction of sp³-hybridized carbons (Fsp3) is 0.800. The number of rotatable bonds is 4. The number of aliphatic hydroxyl groups is 1. The van der Waals surface area contributed by atoms with E-state index < -0.39 is 6.10 Å². The summed E-state index contributed by atoms with van der Waals surface area (Å²) in [5, 5.41) is 22.4. The lowest BCUT2D eigenvalue weighted by Crippen LogP contribution is -2.39. The molecule has 0 amide bonds. The van der Waals surface area contributed by atoms with Crippen molar-refractivity contribution in [2.75, 3.05) is 7.05 Å². The van der Waals surface area contributed by atoms with Gasteiger partial charge in [-0.3, -0.25) is 0 Å². The molecule has 1 saturated carbocycles. The van der Waals surface area contributed by atoms with E-state index in [1.54, 1.807) is 6.92 Å². The molecule has 0 bridgehead atoms. The summed E-state index contributed by atoms with van der Waals surface area (Å²) < 4.78 is 0. The van der Waals surface area contributed by atoms with Crippen LogP contribution in [0, 0.1) is 5.92 Å². The van der Waals surface area contributed by atoms with Crippen LogP contribution >= 0.6 is 11.3 Å². The molecule has 1 atom stereocenters. The SMILES string of the molecule is CNC1CC(Cc2nnc(C(C)O)s2)C1. The molecule has 0 spiro atoms. The third-order valence-corrected chi connectivity index (χ3v) is 4.06. The first kappa shape index (κ1) is 11.0. The van der Waals surface area contributed by atoms with Crippen LogP contribution in [-0.4, -0.2) is 28.4 Å². The number of hydrogen-bond acceptors (Lipinski definition) is 5. The van der Waals surface area contributed by atoms with Crippen molar-refractivity contribution in [3.63, 3.8) is 0 Å². The van der Waals surface area contributed by atoms with Crippen LogP contribution in [0.15, 0.2) is 0 Å². The zero-order valence-electron chi connectivity index (χ0n) is 9.10. The predicted molar refractivity (Wildman–Crippen MR) is 59.8 cm³/mol. The monoisotopic (exact) mass is 227 g/mol. The Hall–Kier alpha value is -0.520. The maximum atomic E-state index is 9.32. The Kier molecular flexibility index (Phi) is 3.33. The molecule has 1 fully saturated rings. The second-order valence-electron chi connectivity index (χ2n) is 4.24. The first-order chi connectivity index (χ1) is 7.19. The first-order valence-electron chi connectivity index (χ1n) is 5.36. The van der Waals surface area contributed by atoms with Gasteiger partial charge in [-0.2, -0.15) is 0 Å². The summed E-state index contributed by atoms with van der Waals surface area (Å²) in [5.41, 5.74) is 0. The third-order valence-electron chi connectivity index (χ3n) is 2.95. The van der Waals surface area contributed by atoms with E-state index in [0.717, 1.165) is 22.4 Å². The molecule has 1 aromatic rings. The highest BCUT2D eigenvalue weighted by Crippen LogP contribution is 2.31. The molecule has 0 radical (unpaired) electrons. The number of hydrogen-bond donors (Lipinski definition) is 2. The molecule has 4 nitrogen and oxygen atoms in total. The molecule has 15 heavy (non-hydrogen) atoms. The lowest BCUT2D eigenvalue weighted by molar-refractivity contribution is 0.198. The largest absolute Gasteiger partial charge is 0.386 e. The van der Waals surface area contributed by atoms with Gasteiger partial charge in [0.15, 0.2) is 0 Å². The van der Waals surface area contributed by atoms with Crippen LogP contribution in [0.1, 0.15) is 35.9 Å². The molecule has 1 aliphatic carbocycles. The molecule has 1 aromatic heterocycles. The minimum absolute atomic E-state index is 0.484. The molecular weight excluding hydrogens is 210 g/mol. The van der Waals surface area contributed by atoms with Crippen LogP contribution in [0.3, 0.4) is 0 Å². The Morgan fingerprint density at radius 1 is 1.53 bits per heavy atom. The van der Waals surface area contributed by atoms with E-state index in [9.17, 15) is 5.11 Å². The molecular formula is C10H17N3OS. The second kappa shape index (κ2) is 4.55. The highest BCUT2D eigenvalue weighted by Gasteiger charge is 2.28. The lowest BCUT2D eigenvalue weighted by Gasteiger charge is -2.34. The molecule has 84 valence electrons. The number of nitrogens with one attached hydrogen (secondary N) is 1. The van der Waals surface area contributed by atoms with Crippen molar-refractivity contribution in [3.8, 4) is 0 Å². The molecule has 0 aliphatic heterocycles. The van der Waals surface area contributed by atoms with Crippen molar-refractivity contribution in [2.45, 2.75) is 38.3 Å². The van der Waals surface area contributed by atoms with Crippen LogP contribution in [-0.2, 0) is 6.42 Å². The van der Waals surface area contributed by atoms with Crippen LogP contribution in [0.2, 0.25) is 0 Å². The Morgan fingerprint density at radius 2 is 2.27 bits per heavy atom. The molecule has 2 N–H and O–H groups in total. The van der Waals surface area contributed by atoms with E-state index in [0.29, 0.717) is 6.04 Å². The van der Waals surface area contributed by atoms with E-state index in [2.05, 4.69) is 15.5 Å². The highest BCUT2D eigenvalue weighted by molar-refractivity contribution is 7.11. The maximum Gasteiger partial charge on any atom is 0.145 e. The van der Waals surface area contributed by atoms with Gasteiger partial charge in [0.25, 0.3) is 0 Å². The van der Waals surface area contributed by atoms with E-state index in [-0.39, 0.29) is 0 Å². The molecule has 1 unspecified atom stereocenters. The van der Waals surface area contributed by atoms with Crippen LogP contribution in [0.25, 0.3) is 0 Å². The fourth-order valence-corrected chi connectivity index (χ4v) is 2.80. The minimum atomic E-state index is -0.484. The van der Waals surface area contributed by atoms with Crippen LogP contribution in [0.5, 0.6) is 0 Å². The van der Waals surface area contributed by atoms with Gasteiger partial charge in [0.05, 0.1) is 0 Å². The van der Waals surface area contributed by atoms with E-state index in [4.69, 9.17) is 0 Å². The maximum absolute atomic E-state index is 9.32. The molecule has 5 heteroatoms. The van der Waals surface area contributed by atoms with E-state index in [1.165, 1.54) is 24.2 Å². The minimum Gasteiger partial charge on any atom is -0.386 e. The molecule has 1 heterocycles. The van der Waals surface area contributed by atoms with Gasteiger partial charge in [-0.15, -0.1) is 10.2 Å². The molecule has 1 aliphatic rings. The van der Waals surface area contributed by atoms with E-state index in [1.807, 2.05) is 7.05 Å². The summed E-state index contributed by atoms with van der Waals surface area (Å²) in [5.74, 6) is 0.747. The number of aromatic nitrogens is 2. The standard InChI is InChI=1S/C10H17N3OS/c1-6(14)10-13-12-9(15-10)5-7-3-8(4-7)11-2/h6-8,11,14H,3-5H2,1-2H3. The van der Waals surface area contributed by atoms with Gasteiger partial charge in [0, 0.05) is 12.5 Å². The summed E-state index contributed by atoms with van der Waals surface area (Å²) in [6.07, 6.45) is 3.01. The highest BCUT2D eigenvalue weighted by atomic mass is 32.1. The van der Waals surface area contributed by atoms with Crippen molar-refractivity contribution >= 4 is 11.3 Å². The summed E-state index contributed by atoms with van der Waals surface area (Å²) in [6.45, 7) is 1.73. The van der Waals surface area contributed by atoms with Crippen molar-refractivity contribution < 1.29 is 5.11 Å². The predicted octanol–water partition coefficient (Wildman–Crippen LogP) is 1.13. The molecule has 2 rings (SSSR count). The van der Waals surface area contributed by atoms with Gasteiger partial charge >= 0.3 is 0 Å². The van der Waals surface area contributed by atoms with Crippen LogP contribution in [0.4, 0.5) is 0 Å². The zero-order valence-corrected chi connectivity index (χ0v) is 9.92. The van der Waals surface area contributed by atoms with Gasteiger partial charge < -0.3 is 10.4 Å². The number of aliphatic hydroxyl groups excluding tert-OH is 1. The quantitative estimate of drug-likeness (QED) is 0.809. The summed E-state index contributed by atoms with van der Waals surface area (Å²) in [7, 11) is 2.01. The van der Waals surface area contributed by atoms with Crippen molar-refractivity contribution in [1.82, 2.24) is 15.5 Å². The van der Waals surface area contributed by atoms with Gasteiger partial charge in [0.2, 0.25) is 0 Å². The summed E-state index contributed by atoms with van der Waals surface area (Å²) >= 11 is 1.53. The Labute approximate surface area is 93.7 Å². The molecule has 0 saturated heterocycles. The van der Waals surface area contributed by atoms with Crippen LogP contribution < -0.4 is 5.32 Å². The first-order valence-corrected chi connectivity index (χ1v) is 6.18. The number of nitrogens with zero attached hydrogens (tertiary/aromatic N) is 2. The Morgan fingerprint density at radius 3 is 2.80 bits per heavy atom. The van der Waals surface area contributed by atoms with Crippen molar-refractivity contribution in [1.29, 1.82) is 0 Å². The lowest BCUT2D eigenvalue weighted by atomic mass is 9.78. The Bertz CT molecular complexity index is 320. The van der Waals surface area contributed by atoms with E-state index >= 15 is 0 Å². The zero-order chi connectivity index (χ0) is 10.8. The normalized spacial score (nSPS) is 27.4. The fourth-order valence-electron chi connectivity index (χ4n) is 1.90. The smallest absolute Gasteiger partial charge is 0.145 e. The molecule has 0 aromatic carbocycles.